The number of allylic oxidation sites excluding steroid dienone is 4. The van der Waals surface area contributed by atoms with Gasteiger partial charge in [-0.05, 0) is 98.5 Å². The topological polar surface area (TPSA) is 0 Å². The van der Waals surface area contributed by atoms with Crippen molar-refractivity contribution in [3.05, 3.63) is 111 Å². The molecule has 3 aromatic rings. The van der Waals surface area contributed by atoms with E-state index in [0.717, 1.165) is 0 Å². The lowest BCUT2D eigenvalue weighted by atomic mass is 9.84. The fourth-order valence-electron chi connectivity index (χ4n) is 5.69. The molecule has 0 heterocycles. The van der Waals surface area contributed by atoms with Gasteiger partial charge in [-0.25, -0.2) is 0 Å². The van der Waals surface area contributed by atoms with Crippen molar-refractivity contribution >= 4 is 33.5 Å². The number of hydrogen-bond acceptors (Lipinski definition) is 0. The minimum absolute atomic E-state index is 0.393. The number of aryl methyl sites for hydroxylation is 3. The van der Waals surface area contributed by atoms with Crippen LogP contribution in [-0.4, -0.2) is 17.6 Å². The zero-order valence-corrected chi connectivity index (χ0v) is 25.9. The molecule has 2 heteroatoms. The highest BCUT2D eigenvalue weighted by Crippen LogP contribution is 2.48. The zero-order chi connectivity index (χ0) is 26.4. The van der Waals surface area contributed by atoms with Crippen LogP contribution in [0.4, 0.5) is 0 Å². The van der Waals surface area contributed by atoms with E-state index in [9.17, 15) is 0 Å². The lowest BCUT2D eigenvalue weighted by Gasteiger charge is -2.31. The maximum atomic E-state index is 2.57. The van der Waals surface area contributed by atoms with Crippen molar-refractivity contribution in [2.75, 3.05) is 0 Å². The molecule has 0 saturated heterocycles. The molecule has 0 saturated carbocycles. The quantitative estimate of drug-likeness (QED) is 0.297. The van der Waals surface area contributed by atoms with Gasteiger partial charge >= 0.3 is 0 Å². The van der Waals surface area contributed by atoms with Gasteiger partial charge in [0.1, 0.15) is 0 Å². The van der Waals surface area contributed by atoms with Crippen LogP contribution in [0.3, 0.4) is 0 Å². The van der Waals surface area contributed by atoms with Gasteiger partial charge in [-0.15, -0.1) is 0 Å². The molecular formula is C34H42Si2. The molecule has 0 spiro atoms. The summed E-state index contributed by atoms with van der Waals surface area (Å²) >= 11 is 0. The van der Waals surface area contributed by atoms with Crippen LogP contribution in [-0.2, 0) is 0 Å². The van der Waals surface area contributed by atoms with Gasteiger partial charge in [0.25, 0.3) is 0 Å². The molecule has 0 amide bonds. The first-order chi connectivity index (χ1) is 16.9. The monoisotopic (exact) mass is 506 g/mol. The van der Waals surface area contributed by atoms with E-state index in [0.29, 0.717) is 21.0 Å². The summed E-state index contributed by atoms with van der Waals surface area (Å²) in [7, 11) is -0.729. The van der Waals surface area contributed by atoms with Crippen molar-refractivity contribution in [1.29, 1.82) is 0 Å². The Labute approximate surface area is 223 Å². The van der Waals surface area contributed by atoms with Gasteiger partial charge < -0.3 is 0 Å². The van der Waals surface area contributed by atoms with Gasteiger partial charge in [0.05, 0.1) is 17.6 Å². The Hall–Kier alpha value is -2.43. The molecule has 1 aliphatic rings. The molecule has 0 aliphatic heterocycles. The van der Waals surface area contributed by atoms with Crippen molar-refractivity contribution < 1.29 is 0 Å². The highest BCUT2D eigenvalue weighted by molar-refractivity contribution is 6.88. The Bertz CT molecular complexity index is 1330. The average Bonchev–Trinajstić information content (AvgIpc) is 3.04. The predicted octanol–water partition coefficient (Wildman–Crippen LogP) is 7.98. The van der Waals surface area contributed by atoms with E-state index in [1.807, 2.05) is 0 Å². The van der Waals surface area contributed by atoms with E-state index >= 15 is 0 Å². The number of hydrogen-bond donors (Lipinski definition) is 0. The molecule has 0 N–H and O–H groups in total. The Morgan fingerprint density at radius 1 is 0.722 bits per heavy atom. The van der Waals surface area contributed by atoms with Gasteiger partial charge in [-0.2, -0.15) is 0 Å². The van der Waals surface area contributed by atoms with Crippen LogP contribution in [0.15, 0.2) is 77.4 Å². The van der Waals surface area contributed by atoms with E-state index in [4.69, 9.17) is 0 Å². The molecule has 0 aromatic heterocycles. The second kappa shape index (κ2) is 10.1. The maximum Gasteiger partial charge on any atom is 0.0901 e. The summed E-state index contributed by atoms with van der Waals surface area (Å²) in [5.74, 6) is 0.393. The Morgan fingerprint density at radius 2 is 1.33 bits per heavy atom. The van der Waals surface area contributed by atoms with Gasteiger partial charge in [0.15, 0.2) is 0 Å². The normalized spacial score (nSPS) is 17.2. The van der Waals surface area contributed by atoms with Crippen LogP contribution in [0.25, 0.3) is 5.57 Å². The molecule has 2 radical (unpaired) electrons. The van der Waals surface area contributed by atoms with Crippen molar-refractivity contribution in [3.8, 4) is 0 Å². The highest BCUT2D eigenvalue weighted by atomic mass is 28.3. The lowest BCUT2D eigenvalue weighted by molar-refractivity contribution is 0.744. The van der Waals surface area contributed by atoms with Gasteiger partial charge in [0, 0.05) is 5.92 Å². The fraction of sp³-hybridized carbons (Fsp3) is 0.353. The smallest absolute Gasteiger partial charge is 0.0656 e. The summed E-state index contributed by atoms with van der Waals surface area (Å²) in [6, 6.07) is 23.5. The van der Waals surface area contributed by atoms with Crippen molar-refractivity contribution in [3.63, 3.8) is 0 Å². The van der Waals surface area contributed by atoms with Gasteiger partial charge in [-0.1, -0.05) is 102 Å². The van der Waals surface area contributed by atoms with Gasteiger partial charge in [-0.3, -0.25) is 0 Å². The SMILES string of the molecule is CC1=C(C)C(C([Si]c2cc(C)c(C)c(C)c2)c2cc(C)cc([Si](C)(C)C)c2)C(c2ccccc2)=C1C. The summed E-state index contributed by atoms with van der Waals surface area (Å²) in [6.07, 6.45) is 0. The van der Waals surface area contributed by atoms with Crippen LogP contribution in [0.2, 0.25) is 19.6 Å². The van der Waals surface area contributed by atoms with E-state index in [2.05, 4.69) is 129 Å². The molecular weight excluding hydrogens is 465 g/mol. The third-order valence-corrected chi connectivity index (χ3v) is 11.9. The van der Waals surface area contributed by atoms with Crippen LogP contribution >= 0.6 is 0 Å². The third-order valence-electron chi connectivity index (χ3n) is 8.33. The number of benzene rings is 3. The molecule has 4 rings (SSSR count). The Balaban J connectivity index is 1.94. The number of rotatable bonds is 6. The average molecular weight is 507 g/mol. The first-order valence-electron chi connectivity index (χ1n) is 13.3. The third kappa shape index (κ3) is 5.17. The maximum absolute atomic E-state index is 2.57. The van der Waals surface area contributed by atoms with Crippen LogP contribution in [0.1, 0.15) is 59.7 Å². The van der Waals surface area contributed by atoms with Crippen LogP contribution in [0, 0.1) is 33.6 Å². The summed E-state index contributed by atoms with van der Waals surface area (Å²) in [5.41, 5.74) is 15.0. The fourth-order valence-corrected chi connectivity index (χ4v) is 8.83. The molecule has 3 aromatic carbocycles. The standard InChI is InChI=1S/C34H42Si2/c1-21-16-29(20-31(17-21)36(8,9)10)34(35-30-18-22(2)24(4)23(3)19-30)33-27(7)25(5)26(6)32(33)28-14-12-11-13-15-28/h11-20,33-34H,1-10H3. The molecule has 0 nitrogen and oxygen atoms in total. The highest BCUT2D eigenvalue weighted by Gasteiger charge is 2.36. The van der Waals surface area contributed by atoms with Crippen LogP contribution in [0.5, 0.6) is 0 Å². The molecule has 1 aliphatic carbocycles. The Morgan fingerprint density at radius 3 is 1.92 bits per heavy atom. The van der Waals surface area contributed by atoms with Crippen molar-refractivity contribution in [2.24, 2.45) is 5.92 Å². The molecule has 186 valence electrons. The zero-order valence-electron chi connectivity index (χ0n) is 23.9. The largest absolute Gasteiger partial charge is 0.0901 e. The van der Waals surface area contributed by atoms with E-state index in [1.165, 1.54) is 55.3 Å². The lowest BCUT2D eigenvalue weighted by Crippen LogP contribution is -2.39. The summed E-state index contributed by atoms with van der Waals surface area (Å²) in [4.78, 5) is 0. The second-order valence-corrected chi connectivity index (χ2v) is 18.5. The van der Waals surface area contributed by atoms with Crippen molar-refractivity contribution in [1.82, 2.24) is 0 Å². The molecule has 2 unspecified atom stereocenters. The van der Waals surface area contributed by atoms with Crippen molar-refractivity contribution in [2.45, 2.75) is 73.6 Å². The van der Waals surface area contributed by atoms with E-state index in [1.54, 1.807) is 10.8 Å². The van der Waals surface area contributed by atoms with Crippen LogP contribution < -0.4 is 10.4 Å². The molecule has 0 bridgehead atoms. The molecule has 2 atom stereocenters. The Kier molecular flexibility index (Phi) is 7.51. The minimum atomic E-state index is -1.44. The minimum Gasteiger partial charge on any atom is -0.0656 e. The van der Waals surface area contributed by atoms with E-state index in [-0.39, 0.29) is 0 Å². The second-order valence-electron chi connectivity index (χ2n) is 11.9. The molecule has 0 fully saturated rings. The van der Waals surface area contributed by atoms with Gasteiger partial charge in [0.2, 0.25) is 0 Å². The first kappa shape index (κ1) is 26.6. The summed E-state index contributed by atoms with van der Waals surface area (Å²) in [5, 5.41) is 3.06. The summed E-state index contributed by atoms with van der Waals surface area (Å²) < 4.78 is 0. The first-order valence-corrected chi connectivity index (χ1v) is 17.9. The summed E-state index contributed by atoms with van der Waals surface area (Å²) in [6.45, 7) is 23.6. The predicted molar refractivity (Wildman–Crippen MR) is 164 cm³/mol. The molecule has 36 heavy (non-hydrogen) atoms. The van der Waals surface area contributed by atoms with E-state index < -0.39 is 8.07 Å².